The maximum Gasteiger partial charge on any atom is 0.244 e. The molecule has 0 spiro atoms. The molecule has 0 atom stereocenters. The monoisotopic (exact) mass is 312 g/mol. The van der Waals surface area contributed by atoms with Gasteiger partial charge in [-0.15, -0.1) is 0 Å². The number of hydrogen-bond acceptors (Lipinski definition) is 5. The second-order valence-corrected chi connectivity index (χ2v) is 7.09. The van der Waals surface area contributed by atoms with Crippen molar-refractivity contribution < 1.29 is 8.42 Å². The summed E-state index contributed by atoms with van der Waals surface area (Å²) >= 11 is 0. The number of sulfonamides is 1. The quantitative estimate of drug-likeness (QED) is 0.856. The molecule has 0 amide bonds. The molecule has 0 unspecified atom stereocenters. The molecule has 2 heterocycles. The zero-order chi connectivity index (χ0) is 15.3. The first-order valence-electron chi connectivity index (χ1n) is 7.50. The molecule has 0 aromatic carbocycles. The minimum atomic E-state index is -3.42. The lowest BCUT2D eigenvalue weighted by molar-refractivity contribution is 0.188. The summed E-state index contributed by atoms with van der Waals surface area (Å²) in [5, 5.41) is 3.06. The van der Waals surface area contributed by atoms with Crippen molar-refractivity contribution in [3.63, 3.8) is 0 Å². The SMILES string of the molecule is CCCN1CCN(S(=O)(=O)c2ccc(NCC)nc2)CC1. The van der Waals surface area contributed by atoms with Crippen LogP contribution in [0.1, 0.15) is 20.3 Å². The minimum absolute atomic E-state index is 0.271. The molecule has 1 N–H and O–H groups in total. The summed E-state index contributed by atoms with van der Waals surface area (Å²) in [7, 11) is -3.42. The van der Waals surface area contributed by atoms with Crippen LogP contribution in [0.25, 0.3) is 0 Å². The Morgan fingerprint density at radius 2 is 1.90 bits per heavy atom. The number of aromatic nitrogens is 1. The summed E-state index contributed by atoms with van der Waals surface area (Å²) in [6.45, 7) is 8.62. The first-order valence-corrected chi connectivity index (χ1v) is 8.94. The molecular formula is C14H24N4O2S. The van der Waals surface area contributed by atoms with Crippen molar-refractivity contribution in [1.82, 2.24) is 14.2 Å². The van der Waals surface area contributed by atoms with Crippen LogP contribution in [-0.4, -0.2) is 61.9 Å². The van der Waals surface area contributed by atoms with E-state index >= 15 is 0 Å². The Morgan fingerprint density at radius 3 is 2.43 bits per heavy atom. The molecule has 0 radical (unpaired) electrons. The predicted octanol–water partition coefficient (Wildman–Crippen LogP) is 1.23. The number of pyridine rings is 1. The molecule has 1 aliphatic heterocycles. The van der Waals surface area contributed by atoms with Crippen molar-refractivity contribution in [2.45, 2.75) is 25.2 Å². The topological polar surface area (TPSA) is 65.5 Å². The van der Waals surface area contributed by atoms with Crippen LogP contribution in [0.5, 0.6) is 0 Å². The Kier molecular flexibility index (Phi) is 5.55. The van der Waals surface area contributed by atoms with Gasteiger partial charge in [-0.2, -0.15) is 4.31 Å². The minimum Gasteiger partial charge on any atom is -0.370 e. The average molecular weight is 312 g/mol. The maximum atomic E-state index is 12.6. The Bertz CT molecular complexity index is 537. The van der Waals surface area contributed by atoms with Gasteiger partial charge in [0.1, 0.15) is 10.7 Å². The van der Waals surface area contributed by atoms with Crippen molar-refractivity contribution in [2.24, 2.45) is 0 Å². The van der Waals surface area contributed by atoms with E-state index in [0.29, 0.717) is 18.9 Å². The molecule has 2 rings (SSSR count). The van der Waals surface area contributed by atoms with Crippen LogP contribution in [0.2, 0.25) is 0 Å². The third kappa shape index (κ3) is 3.93. The van der Waals surface area contributed by atoms with Crippen molar-refractivity contribution in [3.05, 3.63) is 18.3 Å². The number of nitrogens with one attached hydrogen (secondary N) is 1. The molecule has 118 valence electrons. The van der Waals surface area contributed by atoms with E-state index in [4.69, 9.17) is 0 Å². The smallest absolute Gasteiger partial charge is 0.244 e. The fourth-order valence-electron chi connectivity index (χ4n) is 2.48. The van der Waals surface area contributed by atoms with Gasteiger partial charge in [-0.05, 0) is 32.0 Å². The van der Waals surface area contributed by atoms with Gasteiger partial charge >= 0.3 is 0 Å². The molecule has 1 aliphatic rings. The fraction of sp³-hybridized carbons (Fsp3) is 0.643. The van der Waals surface area contributed by atoms with Gasteiger partial charge in [-0.3, -0.25) is 0 Å². The third-order valence-corrected chi connectivity index (χ3v) is 5.49. The van der Waals surface area contributed by atoms with Crippen LogP contribution in [0.4, 0.5) is 5.82 Å². The van der Waals surface area contributed by atoms with E-state index in [1.54, 1.807) is 16.4 Å². The molecule has 1 aromatic rings. The molecule has 1 fully saturated rings. The normalized spacial score (nSPS) is 17.8. The van der Waals surface area contributed by atoms with E-state index in [1.807, 2.05) is 6.92 Å². The maximum absolute atomic E-state index is 12.6. The highest BCUT2D eigenvalue weighted by Crippen LogP contribution is 2.18. The van der Waals surface area contributed by atoms with Gasteiger partial charge in [-0.25, -0.2) is 13.4 Å². The number of piperazine rings is 1. The van der Waals surface area contributed by atoms with Crippen LogP contribution in [0.15, 0.2) is 23.2 Å². The molecular weight excluding hydrogens is 288 g/mol. The standard InChI is InChI=1S/C14H24N4O2S/c1-3-7-17-8-10-18(11-9-17)21(19,20)13-5-6-14(15-4-2)16-12-13/h5-6,12H,3-4,7-11H2,1-2H3,(H,15,16). The lowest BCUT2D eigenvalue weighted by atomic mass is 10.3. The number of hydrogen-bond donors (Lipinski definition) is 1. The first kappa shape index (κ1) is 16.2. The third-order valence-electron chi connectivity index (χ3n) is 3.60. The number of anilines is 1. The molecule has 0 bridgehead atoms. The largest absolute Gasteiger partial charge is 0.370 e. The summed E-state index contributed by atoms with van der Waals surface area (Å²) in [4.78, 5) is 6.72. The predicted molar refractivity (Wildman–Crippen MR) is 83.9 cm³/mol. The summed E-state index contributed by atoms with van der Waals surface area (Å²) < 4.78 is 26.7. The van der Waals surface area contributed by atoms with E-state index in [0.717, 1.165) is 32.6 Å². The second-order valence-electron chi connectivity index (χ2n) is 5.16. The molecule has 1 aromatic heterocycles. The van der Waals surface area contributed by atoms with E-state index < -0.39 is 10.0 Å². The average Bonchev–Trinajstić information content (AvgIpc) is 2.49. The Balaban J connectivity index is 2.04. The van der Waals surface area contributed by atoms with E-state index in [1.165, 1.54) is 6.20 Å². The van der Waals surface area contributed by atoms with Crippen LogP contribution < -0.4 is 5.32 Å². The first-order chi connectivity index (χ1) is 10.1. The van der Waals surface area contributed by atoms with Crippen LogP contribution in [0, 0.1) is 0 Å². The molecule has 0 aliphatic carbocycles. The van der Waals surface area contributed by atoms with Gasteiger partial charge in [-0.1, -0.05) is 6.92 Å². The van der Waals surface area contributed by atoms with E-state index in [2.05, 4.69) is 22.1 Å². The van der Waals surface area contributed by atoms with Crippen molar-refractivity contribution in [2.75, 3.05) is 44.6 Å². The van der Waals surface area contributed by atoms with E-state index in [9.17, 15) is 8.42 Å². The summed E-state index contributed by atoms with van der Waals surface area (Å²) in [5.41, 5.74) is 0. The van der Waals surface area contributed by atoms with Gasteiger partial charge in [0.25, 0.3) is 0 Å². The molecule has 1 saturated heterocycles. The Hall–Kier alpha value is -1.18. The highest BCUT2D eigenvalue weighted by molar-refractivity contribution is 7.89. The molecule has 7 heteroatoms. The van der Waals surface area contributed by atoms with Crippen molar-refractivity contribution >= 4 is 15.8 Å². The lowest BCUT2D eigenvalue weighted by Gasteiger charge is -2.33. The Labute approximate surface area is 127 Å². The zero-order valence-electron chi connectivity index (χ0n) is 12.7. The van der Waals surface area contributed by atoms with Gasteiger partial charge in [0.2, 0.25) is 10.0 Å². The van der Waals surface area contributed by atoms with Gasteiger partial charge in [0.15, 0.2) is 0 Å². The number of nitrogens with zero attached hydrogens (tertiary/aromatic N) is 3. The van der Waals surface area contributed by atoms with Crippen molar-refractivity contribution in [3.8, 4) is 0 Å². The van der Waals surface area contributed by atoms with Gasteiger partial charge in [0.05, 0.1) is 0 Å². The van der Waals surface area contributed by atoms with Crippen LogP contribution >= 0.6 is 0 Å². The van der Waals surface area contributed by atoms with E-state index in [-0.39, 0.29) is 4.90 Å². The van der Waals surface area contributed by atoms with Gasteiger partial charge in [0, 0.05) is 38.9 Å². The summed E-state index contributed by atoms with van der Waals surface area (Å²) in [5.74, 6) is 0.698. The highest BCUT2D eigenvalue weighted by atomic mass is 32.2. The van der Waals surface area contributed by atoms with Crippen molar-refractivity contribution in [1.29, 1.82) is 0 Å². The number of rotatable bonds is 6. The second kappa shape index (κ2) is 7.20. The van der Waals surface area contributed by atoms with Crippen LogP contribution in [0.3, 0.4) is 0 Å². The fourth-order valence-corrected chi connectivity index (χ4v) is 3.85. The van der Waals surface area contributed by atoms with Gasteiger partial charge < -0.3 is 10.2 Å². The summed E-state index contributed by atoms with van der Waals surface area (Å²) in [6, 6.07) is 3.34. The highest BCUT2D eigenvalue weighted by Gasteiger charge is 2.28. The van der Waals surface area contributed by atoms with Crippen LogP contribution in [-0.2, 0) is 10.0 Å². The molecule has 21 heavy (non-hydrogen) atoms. The lowest BCUT2D eigenvalue weighted by Crippen LogP contribution is -2.48. The summed E-state index contributed by atoms with van der Waals surface area (Å²) in [6.07, 6.45) is 2.54. The zero-order valence-corrected chi connectivity index (χ0v) is 13.6. The Morgan fingerprint density at radius 1 is 1.19 bits per heavy atom. The molecule has 6 nitrogen and oxygen atoms in total. The molecule has 0 saturated carbocycles.